The van der Waals surface area contributed by atoms with Gasteiger partial charge in [-0.1, -0.05) is 37.3 Å². The molecule has 102 valence electrons. The lowest BCUT2D eigenvalue weighted by Crippen LogP contribution is -2.25. The molecule has 0 unspecified atom stereocenters. The van der Waals surface area contributed by atoms with E-state index >= 15 is 0 Å². The molecule has 0 saturated carbocycles. The minimum absolute atomic E-state index is 0.571. The topological polar surface area (TPSA) is 18.5 Å². The molecule has 2 aliphatic heterocycles. The fraction of sp³-hybridized carbons (Fsp3) is 0.333. The Labute approximate surface area is 119 Å². The molecular formula is C18H18O2. The molecule has 2 aliphatic rings. The Morgan fingerprint density at radius 3 is 2.70 bits per heavy atom. The second-order valence-electron chi connectivity index (χ2n) is 5.62. The quantitative estimate of drug-likeness (QED) is 0.820. The standard InChI is InChI=1S/C18H18O2/c1-2-12-3-6-16-17-8-13(15-9-19-10-15)4-5-14(17)11-20-18(16)7-12/h3-8,15H,2,9-11H2,1H3. The van der Waals surface area contributed by atoms with Gasteiger partial charge in [0, 0.05) is 11.5 Å². The second-order valence-corrected chi connectivity index (χ2v) is 5.62. The normalized spacial score (nSPS) is 16.9. The zero-order valence-corrected chi connectivity index (χ0v) is 11.7. The van der Waals surface area contributed by atoms with Crippen LogP contribution in [-0.4, -0.2) is 13.2 Å². The molecule has 2 heteroatoms. The van der Waals surface area contributed by atoms with Crippen molar-refractivity contribution < 1.29 is 9.47 Å². The third-order valence-corrected chi connectivity index (χ3v) is 4.37. The zero-order valence-electron chi connectivity index (χ0n) is 11.7. The van der Waals surface area contributed by atoms with Gasteiger partial charge in [0.1, 0.15) is 12.4 Å². The van der Waals surface area contributed by atoms with Gasteiger partial charge in [0.15, 0.2) is 0 Å². The van der Waals surface area contributed by atoms with E-state index in [9.17, 15) is 0 Å². The lowest BCUT2D eigenvalue weighted by Gasteiger charge is -2.28. The van der Waals surface area contributed by atoms with Crippen molar-refractivity contribution in [3.8, 4) is 16.9 Å². The summed E-state index contributed by atoms with van der Waals surface area (Å²) < 4.78 is 11.2. The van der Waals surface area contributed by atoms with Crippen LogP contribution in [-0.2, 0) is 17.8 Å². The van der Waals surface area contributed by atoms with Crippen molar-refractivity contribution in [3.63, 3.8) is 0 Å². The second kappa shape index (κ2) is 4.64. The highest BCUT2D eigenvalue weighted by Crippen LogP contribution is 2.40. The first-order valence-corrected chi connectivity index (χ1v) is 7.32. The minimum Gasteiger partial charge on any atom is -0.488 e. The van der Waals surface area contributed by atoms with Gasteiger partial charge < -0.3 is 9.47 Å². The molecule has 0 aromatic heterocycles. The molecule has 0 spiro atoms. The average Bonchev–Trinajstić information content (AvgIpc) is 2.44. The Bertz CT molecular complexity index is 656. The highest BCUT2D eigenvalue weighted by molar-refractivity contribution is 5.76. The highest BCUT2D eigenvalue weighted by atomic mass is 16.5. The minimum atomic E-state index is 0.571. The summed E-state index contributed by atoms with van der Waals surface area (Å²) in [6.07, 6.45) is 1.04. The first-order chi connectivity index (χ1) is 9.85. The Morgan fingerprint density at radius 2 is 1.95 bits per heavy atom. The Hall–Kier alpha value is -1.80. The summed E-state index contributed by atoms with van der Waals surface area (Å²) in [4.78, 5) is 0. The fourth-order valence-corrected chi connectivity index (χ4v) is 2.94. The summed E-state index contributed by atoms with van der Waals surface area (Å²) in [5.41, 5.74) is 6.56. The van der Waals surface area contributed by atoms with Gasteiger partial charge in [0.2, 0.25) is 0 Å². The zero-order chi connectivity index (χ0) is 13.5. The van der Waals surface area contributed by atoms with Crippen LogP contribution in [0.15, 0.2) is 36.4 Å². The summed E-state index contributed by atoms with van der Waals surface area (Å²) in [5, 5.41) is 0. The van der Waals surface area contributed by atoms with Gasteiger partial charge in [-0.2, -0.15) is 0 Å². The molecule has 2 aromatic rings. The maximum Gasteiger partial charge on any atom is 0.127 e. The first-order valence-electron chi connectivity index (χ1n) is 7.32. The van der Waals surface area contributed by atoms with Crippen LogP contribution in [0.2, 0.25) is 0 Å². The smallest absolute Gasteiger partial charge is 0.127 e. The van der Waals surface area contributed by atoms with Crippen LogP contribution < -0.4 is 4.74 Å². The number of hydrogen-bond acceptors (Lipinski definition) is 2. The SMILES string of the molecule is CCc1ccc2c(c1)OCc1ccc(C3COC3)cc1-2. The van der Waals surface area contributed by atoms with Crippen LogP contribution in [0.4, 0.5) is 0 Å². The molecule has 1 fully saturated rings. The maximum absolute atomic E-state index is 5.91. The number of benzene rings is 2. The van der Waals surface area contributed by atoms with Gasteiger partial charge in [-0.25, -0.2) is 0 Å². The van der Waals surface area contributed by atoms with Gasteiger partial charge >= 0.3 is 0 Å². The van der Waals surface area contributed by atoms with Crippen molar-refractivity contribution in [2.24, 2.45) is 0 Å². The van der Waals surface area contributed by atoms with E-state index in [4.69, 9.17) is 9.47 Å². The predicted molar refractivity (Wildman–Crippen MR) is 79.1 cm³/mol. The van der Waals surface area contributed by atoms with Crippen LogP contribution in [0.5, 0.6) is 5.75 Å². The predicted octanol–water partition coefficient (Wildman–Crippen LogP) is 3.92. The van der Waals surface area contributed by atoms with Gasteiger partial charge in [0.05, 0.1) is 13.2 Å². The number of rotatable bonds is 2. The van der Waals surface area contributed by atoms with Gasteiger partial charge in [-0.05, 0) is 34.7 Å². The van der Waals surface area contributed by atoms with E-state index in [0.717, 1.165) is 25.4 Å². The van der Waals surface area contributed by atoms with E-state index in [-0.39, 0.29) is 0 Å². The van der Waals surface area contributed by atoms with Crippen LogP contribution in [0.3, 0.4) is 0 Å². The summed E-state index contributed by atoms with van der Waals surface area (Å²) in [7, 11) is 0. The lowest BCUT2D eigenvalue weighted by molar-refractivity contribution is 0.00842. The Kier molecular flexibility index (Phi) is 2.78. The summed E-state index contributed by atoms with van der Waals surface area (Å²) >= 11 is 0. The van der Waals surface area contributed by atoms with Gasteiger partial charge in [0.25, 0.3) is 0 Å². The van der Waals surface area contributed by atoms with Crippen LogP contribution in [0, 0.1) is 0 Å². The van der Waals surface area contributed by atoms with Crippen molar-refractivity contribution >= 4 is 0 Å². The van der Waals surface area contributed by atoms with E-state index in [1.54, 1.807) is 0 Å². The molecule has 0 amide bonds. The van der Waals surface area contributed by atoms with E-state index in [2.05, 4.69) is 43.3 Å². The van der Waals surface area contributed by atoms with Crippen molar-refractivity contribution in [2.75, 3.05) is 13.2 Å². The van der Waals surface area contributed by atoms with Crippen molar-refractivity contribution in [3.05, 3.63) is 53.1 Å². The molecule has 4 rings (SSSR count). The van der Waals surface area contributed by atoms with Crippen molar-refractivity contribution in [1.82, 2.24) is 0 Å². The molecule has 0 atom stereocenters. The van der Waals surface area contributed by atoms with Gasteiger partial charge in [-0.3, -0.25) is 0 Å². The summed E-state index contributed by atoms with van der Waals surface area (Å²) in [6.45, 7) is 4.57. The third kappa shape index (κ3) is 1.83. The molecule has 0 aliphatic carbocycles. The summed E-state index contributed by atoms with van der Waals surface area (Å²) in [6, 6.07) is 13.3. The van der Waals surface area contributed by atoms with E-state index in [1.807, 2.05) is 0 Å². The number of aryl methyl sites for hydroxylation is 1. The number of ether oxygens (including phenoxy) is 2. The summed E-state index contributed by atoms with van der Waals surface area (Å²) in [5.74, 6) is 1.60. The third-order valence-electron chi connectivity index (χ3n) is 4.37. The lowest BCUT2D eigenvalue weighted by atomic mass is 9.89. The average molecular weight is 266 g/mol. The largest absolute Gasteiger partial charge is 0.488 e. The van der Waals surface area contributed by atoms with Crippen LogP contribution >= 0.6 is 0 Å². The van der Waals surface area contributed by atoms with Crippen molar-refractivity contribution in [2.45, 2.75) is 25.9 Å². The van der Waals surface area contributed by atoms with E-state index in [0.29, 0.717) is 12.5 Å². The molecule has 2 heterocycles. The number of hydrogen-bond donors (Lipinski definition) is 0. The Morgan fingerprint density at radius 1 is 1.05 bits per heavy atom. The molecule has 0 radical (unpaired) electrons. The van der Waals surface area contributed by atoms with E-state index in [1.165, 1.54) is 27.8 Å². The fourth-order valence-electron chi connectivity index (χ4n) is 2.94. The molecule has 2 nitrogen and oxygen atoms in total. The molecule has 0 bridgehead atoms. The van der Waals surface area contributed by atoms with Crippen LogP contribution in [0.1, 0.15) is 29.5 Å². The molecule has 1 saturated heterocycles. The van der Waals surface area contributed by atoms with Gasteiger partial charge in [-0.15, -0.1) is 0 Å². The molecule has 2 aromatic carbocycles. The van der Waals surface area contributed by atoms with Crippen LogP contribution in [0.25, 0.3) is 11.1 Å². The highest BCUT2D eigenvalue weighted by Gasteiger charge is 2.23. The molecule has 0 N–H and O–H groups in total. The van der Waals surface area contributed by atoms with E-state index < -0.39 is 0 Å². The number of fused-ring (bicyclic) bond motifs is 3. The molecule has 20 heavy (non-hydrogen) atoms. The van der Waals surface area contributed by atoms with Crippen molar-refractivity contribution in [1.29, 1.82) is 0 Å². The first kappa shape index (κ1) is 12.0. The Balaban J connectivity index is 1.80. The monoisotopic (exact) mass is 266 g/mol. The molecular weight excluding hydrogens is 248 g/mol. The maximum atomic E-state index is 5.91.